The number of aliphatic hydroxyl groups excluding tert-OH is 1. The van der Waals surface area contributed by atoms with E-state index in [2.05, 4.69) is 75.7 Å². The van der Waals surface area contributed by atoms with Crippen molar-refractivity contribution in [1.29, 1.82) is 0 Å². The van der Waals surface area contributed by atoms with Crippen molar-refractivity contribution in [2.45, 2.75) is 219 Å². The molecule has 8 aliphatic rings. The lowest BCUT2D eigenvalue weighted by molar-refractivity contribution is -0.168. The maximum Gasteiger partial charge on any atom is 0.410 e. The van der Waals surface area contributed by atoms with Crippen LogP contribution in [-0.4, -0.2) is 271 Å². The Hall–Kier alpha value is -10.5. The number of rotatable bonds is 18. The molecule has 3 amide bonds. The molecule has 32 heteroatoms. The molecule has 7 aliphatic heterocycles. The molecule has 1 saturated carbocycles. The number of nitrogens with zero attached hydrogens (tertiary/aromatic N) is 16. The molecule has 32 nitrogen and oxygen atoms in total. The van der Waals surface area contributed by atoms with E-state index in [1.54, 1.807) is 31.5 Å². The number of oxazole rings is 1. The van der Waals surface area contributed by atoms with Crippen molar-refractivity contribution < 1.29 is 66.7 Å². The van der Waals surface area contributed by atoms with Crippen LogP contribution >= 0.6 is 0 Å². The number of fused-ring (bicyclic) bond motifs is 7. The predicted molar refractivity (Wildman–Crippen MR) is 480 cm³/mol. The number of esters is 1. The third kappa shape index (κ3) is 23.0. The number of nitrogen functional groups attached to an aromatic ring is 2. The van der Waals surface area contributed by atoms with Crippen molar-refractivity contribution in [1.82, 2.24) is 69.2 Å². The fourth-order valence-electron chi connectivity index (χ4n) is 19.4. The molecule has 4 saturated heterocycles. The van der Waals surface area contributed by atoms with Crippen LogP contribution in [0.2, 0.25) is 0 Å². The van der Waals surface area contributed by atoms with Gasteiger partial charge in [0.2, 0.25) is 17.7 Å². The first-order valence-corrected chi connectivity index (χ1v) is 45.9. The zero-order valence-corrected chi connectivity index (χ0v) is 74.7. The van der Waals surface area contributed by atoms with Crippen LogP contribution in [0, 0.1) is 23.7 Å². The van der Waals surface area contributed by atoms with E-state index < -0.39 is 48.1 Å². The summed E-state index contributed by atoms with van der Waals surface area (Å²) in [6, 6.07) is 11.0. The number of piperazine rings is 2. The number of aliphatic hydroxyl groups is 1. The summed E-state index contributed by atoms with van der Waals surface area (Å²) in [4.78, 5) is 131. The van der Waals surface area contributed by atoms with E-state index in [-0.39, 0.29) is 78.7 Å². The topological polar surface area (TPSA) is 374 Å². The Morgan fingerprint density at radius 3 is 2.17 bits per heavy atom. The number of piperidine rings is 1. The van der Waals surface area contributed by atoms with Crippen molar-refractivity contribution in [3.8, 4) is 11.3 Å². The number of carbonyl (C=O) groups is 6. The van der Waals surface area contributed by atoms with Gasteiger partial charge in [-0.2, -0.15) is 10.1 Å². The number of benzene rings is 2. The second kappa shape index (κ2) is 42.6. The number of hydrogen-bond donors (Lipinski definition) is 3. The molecular weight excluding hydrogens is 1620 g/mol. The number of methoxy groups -OCH3 is 2. The summed E-state index contributed by atoms with van der Waals surface area (Å²) in [5, 5.41) is 17.1. The predicted octanol–water partition coefficient (Wildman–Crippen LogP) is 10.7. The van der Waals surface area contributed by atoms with Crippen LogP contribution in [0.1, 0.15) is 176 Å². The molecule has 1 aliphatic carbocycles. The number of allylic oxidation sites excluding steroid dienone is 5. The van der Waals surface area contributed by atoms with Crippen LogP contribution in [0.3, 0.4) is 0 Å². The molecule has 15 rings (SSSR count). The molecule has 5 aromatic heterocycles. The van der Waals surface area contributed by atoms with Crippen LogP contribution in [0.25, 0.3) is 33.4 Å². The number of amides is 3. The molecule has 0 spiro atoms. The summed E-state index contributed by atoms with van der Waals surface area (Å²) >= 11 is 0. The number of cyclic esters (lactones) is 1. The van der Waals surface area contributed by atoms with Crippen molar-refractivity contribution in [2.24, 2.45) is 23.7 Å². The molecule has 2 unspecified atom stereocenters. The summed E-state index contributed by atoms with van der Waals surface area (Å²) in [7, 11) is 3.28. The molecule has 10 atom stereocenters. The first kappa shape index (κ1) is 91.3. The van der Waals surface area contributed by atoms with Gasteiger partial charge in [-0.1, -0.05) is 75.4 Å². The Morgan fingerprint density at radius 1 is 0.677 bits per heavy atom. The normalized spacial score (nSPS) is 27.3. The Morgan fingerprint density at radius 2 is 1.42 bits per heavy atom. The molecule has 127 heavy (non-hydrogen) atoms. The smallest absolute Gasteiger partial charge is 0.410 e. The number of ketones is 2. The van der Waals surface area contributed by atoms with E-state index in [4.69, 9.17) is 59.4 Å². The second-order valence-corrected chi connectivity index (χ2v) is 36.1. The van der Waals surface area contributed by atoms with Gasteiger partial charge >= 0.3 is 12.1 Å². The number of ether oxygens (including phenoxy) is 6. The van der Waals surface area contributed by atoms with Gasteiger partial charge < -0.3 is 73.9 Å². The summed E-state index contributed by atoms with van der Waals surface area (Å²) in [5.41, 5.74) is 22.7. The van der Waals surface area contributed by atoms with Gasteiger partial charge in [-0.25, -0.2) is 44.2 Å². The van der Waals surface area contributed by atoms with E-state index in [1.807, 2.05) is 92.1 Å². The van der Waals surface area contributed by atoms with E-state index in [1.165, 1.54) is 16.8 Å². The molecule has 2 aromatic carbocycles. The lowest BCUT2D eigenvalue weighted by Gasteiger charge is -2.37. The highest BCUT2D eigenvalue weighted by atomic mass is 16.6. The highest BCUT2D eigenvalue weighted by Crippen LogP contribution is 2.38. The molecule has 0 radical (unpaired) electrons. The van der Waals surface area contributed by atoms with E-state index in [0.717, 1.165) is 125 Å². The first-order valence-electron chi connectivity index (χ1n) is 45.9. The van der Waals surface area contributed by atoms with Gasteiger partial charge in [-0.15, -0.1) is 0 Å². The lowest BCUT2D eigenvalue weighted by Crippen LogP contribution is -2.54. The third-order valence-corrected chi connectivity index (χ3v) is 27.1. The summed E-state index contributed by atoms with van der Waals surface area (Å²) < 4.78 is 44.8. The van der Waals surface area contributed by atoms with Crippen LogP contribution in [0.4, 0.5) is 28.5 Å². The minimum atomic E-state index is -0.987. The maximum absolute atomic E-state index is 14.7. The highest BCUT2D eigenvalue weighted by molar-refractivity contribution is 6.38. The first-order chi connectivity index (χ1) is 61.5. The van der Waals surface area contributed by atoms with E-state index >= 15 is 0 Å². The Labute approximate surface area is 743 Å². The Balaban J connectivity index is 0.466. The lowest BCUT2D eigenvalue weighted by atomic mass is 9.83. The number of aromatic nitrogens is 9. The van der Waals surface area contributed by atoms with Crippen molar-refractivity contribution >= 4 is 81.3 Å². The average molecular weight is 1740 g/mol. The van der Waals surface area contributed by atoms with Crippen LogP contribution in [-0.2, 0) is 80.1 Å². The van der Waals surface area contributed by atoms with Crippen LogP contribution in [0.15, 0.2) is 113 Å². The molecule has 5 N–H and O–H groups in total. The fourth-order valence-corrected chi connectivity index (χ4v) is 19.4. The summed E-state index contributed by atoms with van der Waals surface area (Å²) in [5.74, 6) is -0.508. The summed E-state index contributed by atoms with van der Waals surface area (Å²) in [6.07, 6.45) is 24.9. The molecule has 5 fully saturated rings. The quantitative estimate of drug-likeness (QED) is 0.0311. The molecular formula is C95H126N18O14. The Kier molecular flexibility index (Phi) is 30.6. The summed E-state index contributed by atoms with van der Waals surface area (Å²) in [6.45, 7) is 21.9. The molecule has 2 bridgehead atoms. The zero-order valence-electron chi connectivity index (χ0n) is 74.7. The van der Waals surface area contributed by atoms with Crippen molar-refractivity contribution in [2.75, 3.05) is 134 Å². The van der Waals surface area contributed by atoms with Crippen LogP contribution in [0.5, 0.6) is 0 Å². The van der Waals surface area contributed by atoms with Gasteiger partial charge in [0.15, 0.2) is 11.2 Å². The molecule has 680 valence electrons. The van der Waals surface area contributed by atoms with Gasteiger partial charge in [0, 0.05) is 173 Å². The maximum atomic E-state index is 14.7. The number of anilines is 4. The molecule has 7 aromatic rings. The fraction of sp³-hybridized carbons (Fsp3) is 0.579. The van der Waals surface area contributed by atoms with Gasteiger partial charge in [-0.3, -0.25) is 29.0 Å². The second-order valence-electron chi connectivity index (χ2n) is 36.1. The monoisotopic (exact) mass is 1740 g/mol. The van der Waals surface area contributed by atoms with Crippen LogP contribution < -0.4 is 21.3 Å². The minimum absolute atomic E-state index is 0.0127. The standard InChI is InChI=1S/C95H126N18O14/c1-60-14-9-8-10-15-61(2)82(121-6)50-73-16-13-18-81(124-73)86(116)90(118)112-31-12-11-17-77(112)91(119)125-74(51-83(122-7)64(5)47-63(4)79(115)52-78(114)62(3)46-60)27-22-65-20-25-72(26-21-65)126-95(120)111-33-30-75-71(58-111)55-100-94(104-75)109-40-36-107(37-41-109)43-45-123-44-42-106-34-38-108(39-35-106)93-98-53-70(54-99-93)89(117)110-32-29-67-48-66(19-23-69(67)57-110)56-113-88-84(87(96)101-59-102-88)85(105-113)68-24-28-80-76(49-68)103-92(97)127-80/h8-10,14-15,19,23-24,28,47-49,53-55,59-60,62,64-65,72-74,77,79,81-83,115H,11-13,16-18,20-22,25-27,29-46,50-52,56-58H2,1-7H3,(H2,97,103)(H2,96,101,102)/b10-8+,14-9+,61-15+,63-47+/t60-,62-,64-,65-,72-,73?,74-,77+,79+,81?,82+,83-/m1/s1. The number of hydrogen-bond acceptors (Lipinski definition) is 28. The number of nitrogens with two attached hydrogens (primary N) is 2. The Bertz CT molecular complexity index is 5130. The molecule has 12 heterocycles. The zero-order chi connectivity index (χ0) is 88.8. The van der Waals surface area contributed by atoms with Crippen molar-refractivity contribution in [3.05, 3.63) is 142 Å². The average Bonchev–Trinajstić information content (AvgIpc) is 1.62. The van der Waals surface area contributed by atoms with Gasteiger partial charge in [0.1, 0.15) is 53.5 Å². The number of Topliss-reactive ketones (excluding diaryl/α,β-unsaturated/α-hetero) is 2. The van der Waals surface area contributed by atoms with E-state index in [0.29, 0.717) is 186 Å². The van der Waals surface area contributed by atoms with E-state index in [9.17, 15) is 33.9 Å². The van der Waals surface area contributed by atoms with Gasteiger partial charge in [0.05, 0.1) is 67.4 Å². The van der Waals surface area contributed by atoms with Gasteiger partial charge in [-0.05, 0) is 162 Å². The largest absolute Gasteiger partial charge is 0.461 e. The number of carbonyl (C=O) groups excluding carboxylic acids is 6. The van der Waals surface area contributed by atoms with Crippen molar-refractivity contribution in [3.63, 3.8) is 0 Å². The SMILES string of the molecule is CO[C@H]1CC2CCCC(O2)C(=O)C(=O)N2CCCC[C@H]2C(=O)O[C@H](CC[C@H]2CC[C@H](OC(=O)N3CCc4nc(N5CCN(CCOCCN6CCN(c7ncc(C(=O)N8CCc9cc(Cn%10nc(-c%11ccc%12oc(N)nc%12c%11)c%11c(N)ncnc%11%10)ccc9C8)cn7)CC6)CC5)ncc4C3)CC2)C[C@@H](OC)[C@H](C)/C=C(\C)[C@@H](O)CC(=O)[C@H](C)C[C@H](C)/C=C/C=C/C=C/1C. The third-order valence-electron chi connectivity index (χ3n) is 27.1. The minimum Gasteiger partial charge on any atom is -0.461 e. The highest BCUT2D eigenvalue weighted by Gasteiger charge is 2.43. The van der Waals surface area contributed by atoms with Gasteiger partial charge in [0.25, 0.3) is 17.8 Å².